The SMILES string of the molecule is COc1ccc2c(c1)CO[P@](=O)(OC[C@@H]1C=C[C@H](n3cc(C)c(=O)[nH]c3=O)O1)O2. The molecular weight excluding hydrogens is 403 g/mol. The summed E-state index contributed by atoms with van der Waals surface area (Å²) in [6.07, 6.45) is 3.45. The normalized spacial score (nSPS) is 25.4. The maximum atomic E-state index is 12.7. The number of aromatic nitrogens is 2. The molecule has 0 unspecified atom stereocenters. The number of ether oxygens (including phenoxy) is 2. The van der Waals surface area contributed by atoms with E-state index in [0.717, 1.165) is 0 Å². The molecule has 0 aliphatic carbocycles. The van der Waals surface area contributed by atoms with Crippen LogP contribution < -0.4 is 20.5 Å². The van der Waals surface area contributed by atoms with Crippen LogP contribution in [0.4, 0.5) is 0 Å². The van der Waals surface area contributed by atoms with E-state index >= 15 is 0 Å². The molecule has 3 heterocycles. The number of phosphoric acid groups is 1. The zero-order chi connectivity index (χ0) is 20.6. The van der Waals surface area contributed by atoms with Crippen LogP contribution in [0.5, 0.6) is 11.5 Å². The summed E-state index contributed by atoms with van der Waals surface area (Å²) in [4.78, 5) is 25.7. The number of phosphoric ester groups is 1. The van der Waals surface area contributed by atoms with Gasteiger partial charge in [-0.1, -0.05) is 6.08 Å². The van der Waals surface area contributed by atoms with Crippen molar-refractivity contribution in [3.8, 4) is 11.5 Å². The molecule has 10 nitrogen and oxygen atoms in total. The molecule has 11 heteroatoms. The molecule has 4 rings (SSSR count). The third-order valence-electron chi connectivity index (χ3n) is 4.48. The van der Waals surface area contributed by atoms with Crippen molar-refractivity contribution in [3.63, 3.8) is 0 Å². The summed E-state index contributed by atoms with van der Waals surface area (Å²) in [5, 5.41) is 0. The fourth-order valence-electron chi connectivity index (χ4n) is 2.93. The minimum atomic E-state index is -3.81. The predicted octanol–water partition coefficient (Wildman–Crippen LogP) is 2.04. The monoisotopic (exact) mass is 422 g/mol. The Kier molecular flexibility index (Phi) is 5.18. The summed E-state index contributed by atoms with van der Waals surface area (Å²) in [6, 6.07) is 5.06. The molecule has 2 aromatic rings. The second-order valence-electron chi connectivity index (χ2n) is 6.51. The lowest BCUT2D eigenvalue weighted by Crippen LogP contribution is -2.33. The van der Waals surface area contributed by atoms with Gasteiger partial charge in [-0.15, -0.1) is 0 Å². The van der Waals surface area contributed by atoms with Gasteiger partial charge in [-0.3, -0.25) is 23.4 Å². The second kappa shape index (κ2) is 7.64. The van der Waals surface area contributed by atoms with E-state index in [-0.39, 0.29) is 13.2 Å². The number of nitrogens with zero attached hydrogens (tertiary/aromatic N) is 1. The molecule has 0 saturated heterocycles. The van der Waals surface area contributed by atoms with E-state index in [4.69, 9.17) is 23.0 Å². The van der Waals surface area contributed by atoms with Crippen LogP contribution in [0.2, 0.25) is 0 Å². The van der Waals surface area contributed by atoms with Gasteiger partial charge in [0.05, 0.1) is 20.3 Å². The Morgan fingerprint density at radius 3 is 2.93 bits per heavy atom. The summed E-state index contributed by atoms with van der Waals surface area (Å²) >= 11 is 0. The van der Waals surface area contributed by atoms with Crippen molar-refractivity contribution in [2.75, 3.05) is 13.7 Å². The molecule has 2 aliphatic rings. The van der Waals surface area contributed by atoms with Gasteiger partial charge in [-0.2, -0.15) is 0 Å². The minimum absolute atomic E-state index is 0.0554. The van der Waals surface area contributed by atoms with Crippen molar-refractivity contribution in [2.24, 2.45) is 0 Å². The quantitative estimate of drug-likeness (QED) is 0.575. The topological polar surface area (TPSA) is 118 Å². The second-order valence-corrected chi connectivity index (χ2v) is 8.10. The fraction of sp³-hybridized carbons (Fsp3) is 0.333. The number of benzene rings is 1. The summed E-state index contributed by atoms with van der Waals surface area (Å²) in [5.41, 5.74) is 0.0423. The zero-order valence-corrected chi connectivity index (χ0v) is 16.6. The zero-order valence-electron chi connectivity index (χ0n) is 15.7. The van der Waals surface area contributed by atoms with E-state index in [1.165, 1.54) is 10.8 Å². The van der Waals surface area contributed by atoms with Crippen LogP contribution in [-0.2, 0) is 25.0 Å². The van der Waals surface area contributed by atoms with Crippen molar-refractivity contribution in [1.29, 1.82) is 0 Å². The highest BCUT2D eigenvalue weighted by Gasteiger charge is 2.36. The fourth-order valence-corrected chi connectivity index (χ4v) is 4.15. The molecule has 154 valence electrons. The largest absolute Gasteiger partial charge is 0.530 e. The Morgan fingerprint density at radius 1 is 1.31 bits per heavy atom. The van der Waals surface area contributed by atoms with Crippen LogP contribution in [0.3, 0.4) is 0 Å². The molecule has 0 radical (unpaired) electrons. The Hall–Kier alpha value is -2.65. The number of aryl methyl sites for hydroxylation is 1. The summed E-state index contributed by atoms with van der Waals surface area (Å²) in [7, 11) is -2.26. The molecule has 1 aromatic heterocycles. The van der Waals surface area contributed by atoms with E-state index in [1.54, 1.807) is 44.4 Å². The molecule has 29 heavy (non-hydrogen) atoms. The van der Waals surface area contributed by atoms with Crippen LogP contribution in [0.1, 0.15) is 17.4 Å². The van der Waals surface area contributed by atoms with Gasteiger partial charge in [0.15, 0.2) is 6.23 Å². The Bertz CT molecular complexity index is 1120. The van der Waals surface area contributed by atoms with Gasteiger partial charge in [-0.25, -0.2) is 9.36 Å². The first-order valence-electron chi connectivity index (χ1n) is 8.78. The lowest BCUT2D eigenvalue weighted by atomic mass is 10.2. The number of methoxy groups -OCH3 is 1. The van der Waals surface area contributed by atoms with Crippen LogP contribution in [0.15, 0.2) is 46.1 Å². The first-order valence-corrected chi connectivity index (χ1v) is 10.2. The molecule has 2 aliphatic heterocycles. The molecule has 1 aromatic carbocycles. The average Bonchev–Trinajstić information content (AvgIpc) is 3.18. The van der Waals surface area contributed by atoms with Crippen LogP contribution in [0, 0.1) is 6.92 Å². The number of hydrogen-bond donors (Lipinski definition) is 1. The Labute approximate surface area is 165 Å². The van der Waals surface area contributed by atoms with Crippen LogP contribution >= 0.6 is 7.82 Å². The van der Waals surface area contributed by atoms with Gasteiger partial charge in [0.1, 0.15) is 17.6 Å². The van der Waals surface area contributed by atoms with Crippen LogP contribution in [-0.4, -0.2) is 29.4 Å². The van der Waals surface area contributed by atoms with Crippen molar-refractivity contribution in [1.82, 2.24) is 9.55 Å². The lowest BCUT2D eigenvalue weighted by molar-refractivity contribution is -0.0130. The highest BCUT2D eigenvalue weighted by atomic mass is 31.2. The summed E-state index contributed by atoms with van der Waals surface area (Å²) in [6.45, 7) is 1.54. The average molecular weight is 422 g/mol. The molecule has 0 spiro atoms. The maximum absolute atomic E-state index is 12.7. The highest BCUT2D eigenvalue weighted by Crippen LogP contribution is 2.55. The number of aromatic amines is 1. The predicted molar refractivity (Wildman–Crippen MR) is 101 cm³/mol. The highest BCUT2D eigenvalue weighted by molar-refractivity contribution is 7.49. The molecule has 0 amide bonds. The van der Waals surface area contributed by atoms with E-state index in [2.05, 4.69) is 4.98 Å². The van der Waals surface area contributed by atoms with Gasteiger partial charge in [0.25, 0.3) is 5.56 Å². The number of fused-ring (bicyclic) bond motifs is 1. The van der Waals surface area contributed by atoms with Crippen molar-refractivity contribution in [3.05, 3.63) is 68.5 Å². The molecule has 1 N–H and O–H groups in total. The van der Waals surface area contributed by atoms with Gasteiger partial charge < -0.3 is 14.0 Å². The van der Waals surface area contributed by atoms with Crippen molar-refractivity contribution in [2.45, 2.75) is 25.9 Å². The van der Waals surface area contributed by atoms with Gasteiger partial charge in [-0.05, 0) is 31.2 Å². The first kappa shape index (κ1) is 19.7. The van der Waals surface area contributed by atoms with Gasteiger partial charge >= 0.3 is 13.5 Å². The molecule has 0 bridgehead atoms. The van der Waals surface area contributed by atoms with Crippen molar-refractivity contribution >= 4 is 7.82 Å². The summed E-state index contributed by atoms with van der Waals surface area (Å²) in [5.74, 6) is 1.04. The number of hydrogen-bond acceptors (Lipinski definition) is 8. The van der Waals surface area contributed by atoms with E-state index in [1.807, 2.05) is 0 Å². The lowest BCUT2D eigenvalue weighted by Gasteiger charge is -2.26. The number of H-pyrrole nitrogens is 1. The third kappa shape index (κ3) is 4.06. The number of rotatable bonds is 5. The van der Waals surface area contributed by atoms with E-state index < -0.39 is 31.4 Å². The van der Waals surface area contributed by atoms with Gasteiger partial charge in [0, 0.05) is 17.3 Å². The Balaban J connectivity index is 1.38. The van der Waals surface area contributed by atoms with Crippen molar-refractivity contribution < 1.29 is 27.6 Å². The van der Waals surface area contributed by atoms with Gasteiger partial charge in [0.2, 0.25) is 0 Å². The minimum Gasteiger partial charge on any atom is -0.497 e. The standard InChI is InChI=1S/C18H19N2O8P/c1-11-8-20(18(22)19-17(11)21)16-6-4-14(27-16)10-26-29(23)25-9-12-7-13(24-2)3-5-15(12)28-29/h3-8,14,16H,9-10H2,1-2H3,(H,19,21,22)/t14-,16+,29+/m0/s1. The van der Waals surface area contributed by atoms with E-state index in [9.17, 15) is 14.2 Å². The van der Waals surface area contributed by atoms with Crippen LogP contribution in [0.25, 0.3) is 0 Å². The third-order valence-corrected chi connectivity index (χ3v) is 5.81. The Morgan fingerprint density at radius 2 is 2.14 bits per heavy atom. The molecule has 0 fully saturated rings. The maximum Gasteiger partial charge on any atom is 0.530 e. The molecular formula is C18H19N2O8P. The van der Waals surface area contributed by atoms with E-state index in [0.29, 0.717) is 22.6 Å². The smallest absolute Gasteiger partial charge is 0.497 e. The summed E-state index contributed by atoms with van der Waals surface area (Å²) < 4.78 is 40.9. The first-order chi connectivity index (χ1) is 13.9. The molecule has 3 atom stereocenters. The molecule has 0 saturated carbocycles. The number of nitrogens with one attached hydrogen (secondary N) is 1.